The Kier molecular flexibility index (Phi) is 3.13. The summed E-state index contributed by atoms with van der Waals surface area (Å²) in [6, 6.07) is 8.90. The number of ether oxygens (including phenoxy) is 3. The average Bonchev–Trinajstić information content (AvgIpc) is 2.99. The summed E-state index contributed by atoms with van der Waals surface area (Å²) in [6.45, 7) is 0. The van der Waals surface area contributed by atoms with Gasteiger partial charge in [-0.1, -0.05) is 12.1 Å². The molecule has 0 amide bonds. The molecule has 4 aromatic rings. The van der Waals surface area contributed by atoms with E-state index in [0.717, 1.165) is 0 Å². The fraction of sp³-hybridized carbons (Fsp3) is 0.167. The highest BCUT2D eigenvalue weighted by Crippen LogP contribution is 2.46. The van der Waals surface area contributed by atoms with Crippen LogP contribution in [0.5, 0.6) is 17.2 Å². The van der Waals surface area contributed by atoms with Crippen LogP contribution in [0.1, 0.15) is 0 Å². The van der Waals surface area contributed by atoms with Crippen molar-refractivity contribution in [3.05, 3.63) is 40.8 Å². The Balaban J connectivity index is 2.29. The molecule has 0 bridgehead atoms. The third-order valence-corrected chi connectivity index (χ3v) is 4.02. The summed E-state index contributed by atoms with van der Waals surface area (Å²) >= 11 is 0. The first kappa shape index (κ1) is 14.4. The second-order valence-electron chi connectivity index (χ2n) is 5.21. The second-order valence-corrected chi connectivity index (χ2v) is 5.21. The molecule has 0 atom stereocenters. The van der Waals surface area contributed by atoms with Crippen molar-refractivity contribution in [2.45, 2.75) is 0 Å². The molecular formula is C18H14O6. The van der Waals surface area contributed by atoms with Crippen LogP contribution in [0.3, 0.4) is 0 Å². The Labute approximate surface area is 136 Å². The van der Waals surface area contributed by atoms with Crippen LogP contribution in [-0.2, 0) is 0 Å². The zero-order chi connectivity index (χ0) is 16.8. The standard InChI is InChI=1S/C18H14O6/c1-20-12-8-10-13-14(24-15(10)17(22-3)16(12)21-2)9-6-4-5-7-11(9)23-18(13)19/h4-8H,1-3H3. The molecule has 0 aliphatic heterocycles. The molecule has 2 heterocycles. The van der Waals surface area contributed by atoms with Crippen molar-refractivity contribution in [3.63, 3.8) is 0 Å². The van der Waals surface area contributed by atoms with E-state index in [-0.39, 0.29) is 0 Å². The lowest BCUT2D eigenvalue weighted by Crippen LogP contribution is -1.99. The molecule has 122 valence electrons. The summed E-state index contributed by atoms with van der Waals surface area (Å²) in [7, 11) is 4.53. The third-order valence-electron chi connectivity index (χ3n) is 4.02. The number of methoxy groups -OCH3 is 3. The van der Waals surface area contributed by atoms with Crippen molar-refractivity contribution in [1.82, 2.24) is 0 Å². The van der Waals surface area contributed by atoms with Gasteiger partial charge < -0.3 is 23.0 Å². The third kappa shape index (κ3) is 1.79. The van der Waals surface area contributed by atoms with Crippen LogP contribution in [0.4, 0.5) is 0 Å². The van der Waals surface area contributed by atoms with Crippen LogP contribution in [0, 0.1) is 0 Å². The van der Waals surface area contributed by atoms with Gasteiger partial charge in [-0.15, -0.1) is 0 Å². The number of fused-ring (bicyclic) bond motifs is 5. The molecule has 6 heteroatoms. The summed E-state index contributed by atoms with van der Waals surface area (Å²) in [5.74, 6) is 1.21. The lowest BCUT2D eigenvalue weighted by atomic mass is 10.1. The van der Waals surface area contributed by atoms with E-state index in [2.05, 4.69) is 0 Å². The molecule has 24 heavy (non-hydrogen) atoms. The highest BCUT2D eigenvalue weighted by Gasteiger charge is 2.24. The number of para-hydroxylation sites is 1. The molecular weight excluding hydrogens is 312 g/mol. The van der Waals surface area contributed by atoms with E-state index in [1.165, 1.54) is 21.3 Å². The van der Waals surface area contributed by atoms with Crippen LogP contribution in [-0.4, -0.2) is 21.3 Å². The first-order chi connectivity index (χ1) is 11.7. The molecule has 6 nitrogen and oxygen atoms in total. The molecule has 2 aromatic carbocycles. The van der Waals surface area contributed by atoms with Crippen molar-refractivity contribution in [3.8, 4) is 17.2 Å². The highest BCUT2D eigenvalue weighted by molar-refractivity contribution is 6.14. The summed E-state index contributed by atoms with van der Waals surface area (Å²) in [5.41, 5.74) is 0.850. The first-order valence-electron chi connectivity index (χ1n) is 7.26. The highest BCUT2D eigenvalue weighted by atomic mass is 16.5. The smallest absolute Gasteiger partial charge is 0.348 e. The van der Waals surface area contributed by atoms with Gasteiger partial charge in [0.1, 0.15) is 11.0 Å². The van der Waals surface area contributed by atoms with E-state index >= 15 is 0 Å². The predicted molar refractivity (Wildman–Crippen MR) is 89.4 cm³/mol. The minimum Gasteiger partial charge on any atom is -0.493 e. The summed E-state index contributed by atoms with van der Waals surface area (Å²) < 4.78 is 27.6. The maximum atomic E-state index is 12.5. The van der Waals surface area contributed by atoms with Gasteiger partial charge in [-0.05, 0) is 18.2 Å². The number of hydrogen-bond donors (Lipinski definition) is 0. The molecule has 0 aliphatic carbocycles. The maximum absolute atomic E-state index is 12.5. The van der Waals surface area contributed by atoms with Crippen LogP contribution in [0.2, 0.25) is 0 Å². The van der Waals surface area contributed by atoms with Crippen LogP contribution < -0.4 is 19.8 Å². The Morgan fingerprint density at radius 1 is 0.833 bits per heavy atom. The molecule has 0 unspecified atom stereocenters. The van der Waals surface area contributed by atoms with E-state index < -0.39 is 5.63 Å². The fourth-order valence-corrected chi connectivity index (χ4v) is 2.98. The second kappa shape index (κ2) is 5.19. The van der Waals surface area contributed by atoms with Crippen LogP contribution in [0.25, 0.3) is 32.9 Å². The van der Waals surface area contributed by atoms with Crippen molar-refractivity contribution in [2.24, 2.45) is 0 Å². The van der Waals surface area contributed by atoms with Crippen molar-refractivity contribution >= 4 is 32.9 Å². The van der Waals surface area contributed by atoms with Crippen molar-refractivity contribution in [2.75, 3.05) is 21.3 Å². The molecule has 4 rings (SSSR count). The summed E-state index contributed by atoms with van der Waals surface area (Å²) in [5, 5.41) is 1.62. The predicted octanol–water partition coefficient (Wildman–Crippen LogP) is 3.72. The van der Waals surface area contributed by atoms with E-state index in [1.54, 1.807) is 18.2 Å². The van der Waals surface area contributed by atoms with E-state index in [9.17, 15) is 4.79 Å². The minimum absolute atomic E-state index is 0.350. The zero-order valence-electron chi connectivity index (χ0n) is 13.3. The Morgan fingerprint density at radius 2 is 1.58 bits per heavy atom. The number of rotatable bonds is 3. The van der Waals surface area contributed by atoms with Crippen LogP contribution >= 0.6 is 0 Å². The molecule has 0 saturated carbocycles. The Bertz CT molecular complexity index is 1140. The monoisotopic (exact) mass is 326 g/mol. The van der Waals surface area contributed by atoms with Gasteiger partial charge in [0.15, 0.2) is 16.9 Å². The van der Waals surface area contributed by atoms with Gasteiger partial charge in [0.25, 0.3) is 0 Å². The largest absolute Gasteiger partial charge is 0.493 e. The molecule has 2 aromatic heterocycles. The van der Waals surface area contributed by atoms with Crippen molar-refractivity contribution < 1.29 is 23.0 Å². The molecule has 0 N–H and O–H groups in total. The van der Waals surface area contributed by atoms with E-state index in [1.807, 2.05) is 12.1 Å². The van der Waals surface area contributed by atoms with Gasteiger partial charge >= 0.3 is 5.63 Å². The normalized spacial score (nSPS) is 11.3. The number of benzene rings is 2. The molecule has 0 saturated heterocycles. The Morgan fingerprint density at radius 3 is 2.29 bits per heavy atom. The molecule has 0 spiro atoms. The van der Waals surface area contributed by atoms with Crippen molar-refractivity contribution in [1.29, 1.82) is 0 Å². The quantitative estimate of drug-likeness (QED) is 0.534. The molecule has 0 fully saturated rings. The van der Waals surface area contributed by atoms with Gasteiger partial charge in [-0.2, -0.15) is 0 Å². The van der Waals surface area contributed by atoms with Gasteiger partial charge in [0.05, 0.1) is 26.7 Å². The number of hydrogen-bond acceptors (Lipinski definition) is 6. The molecule has 0 aliphatic rings. The van der Waals surface area contributed by atoms with E-state index in [0.29, 0.717) is 50.2 Å². The maximum Gasteiger partial charge on any atom is 0.348 e. The number of furan rings is 1. The lowest BCUT2D eigenvalue weighted by molar-refractivity contribution is 0.324. The van der Waals surface area contributed by atoms with Crippen LogP contribution in [0.15, 0.2) is 44.0 Å². The zero-order valence-corrected chi connectivity index (χ0v) is 13.3. The van der Waals surface area contributed by atoms with Gasteiger partial charge in [0, 0.05) is 5.39 Å². The van der Waals surface area contributed by atoms with E-state index in [4.69, 9.17) is 23.0 Å². The average molecular weight is 326 g/mol. The first-order valence-corrected chi connectivity index (χ1v) is 7.26. The fourth-order valence-electron chi connectivity index (χ4n) is 2.98. The summed E-state index contributed by atoms with van der Waals surface area (Å²) in [6.07, 6.45) is 0. The topological polar surface area (TPSA) is 71.0 Å². The van der Waals surface area contributed by atoms with Gasteiger partial charge in [-0.25, -0.2) is 4.79 Å². The van der Waals surface area contributed by atoms with Gasteiger partial charge in [0.2, 0.25) is 11.5 Å². The SMILES string of the molecule is COc1cc2c(oc3c4ccccc4oc(=O)c23)c(OC)c1OC. The van der Waals surface area contributed by atoms with Gasteiger partial charge in [-0.3, -0.25) is 0 Å². The summed E-state index contributed by atoms with van der Waals surface area (Å²) in [4.78, 5) is 12.5. The minimum atomic E-state index is -0.475. The molecule has 0 radical (unpaired) electrons. The lowest BCUT2D eigenvalue weighted by Gasteiger charge is -2.11. The Hall–Kier alpha value is -3.15.